The third-order valence-corrected chi connectivity index (χ3v) is 3.63. The van der Waals surface area contributed by atoms with E-state index in [1.807, 2.05) is 38.1 Å². The van der Waals surface area contributed by atoms with Gasteiger partial charge in [0.1, 0.15) is 11.4 Å². The van der Waals surface area contributed by atoms with Crippen LogP contribution in [-0.2, 0) is 9.59 Å². The Hall–Kier alpha value is -3.08. The van der Waals surface area contributed by atoms with Crippen LogP contribution in [0.25, 0.3) is 6.08 Å². The number of nitrogens with one attached hydrogen (secondary N) is 2. The molecular weight excluding hydrogens is 328 g/mol. The molecule has 0 unspecified atom stereocenters. The lowest BCUT2D eigenvalue weighted by Crippen LogP contribution is -2.29. The summed E-state index contributed by atoms with van der Waals surface area (Å²) in [6.45, 7) is 6.01. The smallest absolute Gasteiger partial charge is 0.272 e. The first-order valence-corrected chi connectivity index (χ1v) is 8.58. The number of amides is 2. The summed E-state index contributed by atoms with van der Waals surface area (Å²) in [4.78, 5) is 24.1. The van der Waals surface area contributed by atoms with Crippen LogP contribution in [0.3, 0.4) is 0 Å². The summed E-state index contributed by atoms with van der Waals surface area (Å²) < 4.78 is 5.53. The maximum absolute atomic E-state index is 12.6. The van der Waals surface area contributed by atoms with Crippen LogP contribution in [0.1, 0.15) is 31.4 Å². The average molecular weight is 352 g/mol. The molecule has 0 fully saturated rings. The second-order valence-electron chi connectivity index (χ2n) is 5.92. The maximum atomic E-state index is 12.6. The first-order valence-electron chi connectivity index (χ1n) is 8.58. The highest BCUT2D eigenvalue weighted by atomic mass is 16.5. The van der Waals surface area contributed by atoms with Crippen molar-refractivity contribution in [2.45, 2.75) is 27.2 Å². The fourth-order valence-electron chi connectivity index (χ4n) is 2.31. The van der Waals surface area contributed by atoms with Gasteiger partial charge in [-0.3, -0.25) is 9.59 Å². The normalized spacial score (nSPS) is 11.0. The van der Waals surface area contributed by atoms with Gasteiger partial charge in [0.15, 0.2) is 0 Å². The van der Waals surface area contributed by atoms with Crippen molar-refractivity contribution in [3.63, 3.8) is 0 Å². The van der Waals surface area contributed by atoms with Crippen LogP contribution in [0.15, 0.2) is 54.2 Å². The minimum absolute atomic E-state index is 0.193. The van der Waals surface area contributed by atoms with E-state index in [1.165, 1.54) is 6.92 Å². The van der Waals surface area contributed by atoms with Crippen molar-refractivity contribution in [2.75, 3.05) is 11.9 Å². The highest BCUT2D eigenvalue weighted by Gasteiger charge is 2.12. The Labute approximate surface area is 154 Å². The predicted octanol–water partition coefficient (Wildman–Crippen LogP) is 3.90. The van der Waals surface area contributed by atoms with Crippen molar-refractivity contribution < 1.29 is 14.3 Å². The lowest BCUT2D eigenvalue weighted by molar-refractivity contribution is -0.120. The molecule has 5 nitrogen and oxygen atoms in total. The van der Waals surface area contributed by atoms with Crippen molar-refractivity contribution in [3.8, 4) is 5.75 Å². The lowest BCUT2D eigenvalue weighted by Gasteiger charge is -2.11. The van der Waals surface area contributed by atoms with E-state index in [9.17, 15) is 9.59 Å². The molecule has 0 aliphatic heterocycles. The topological polar surface area (TPSA) is 67.4 Å². The molecule has 0 spiro atoms. The molecule has 2 amide bonds. The fraction of sp³-hybridized carbons (Fsp3) is 0.238. The number of carbonyl (C=O) groups excluding carboxylic acids is 2. The maximum Gasteiger partial charge on any atom is 0.272 e. The Kier molecular flexibility index (Phi) is 6.97. The van der Waals surface area contributed by atoms with Gasteiger partial charge >= 0.3 is 0 Å². The number of hydrogen-bond acceptors (Lipinski definition) is 3. The second kappa shape index (κ2) is 9.42. The highest BCUT2D eigenvalue weighted by Crippen LogP contribution is 2.17. The molecule has 2 aromatic carbocycles. The van der Waals surface area contributed by atoms with Crippen molar-refractivity contribution in [1.82, 2.24) is 5.32 Å². The molecule has 0 saturated carbocycles. The van der Waals surface area contributed by atoms with E-state index in [0.29, 0.717) is 12.3 Å². The average Bonchev–Trinajstić information content (AvgIpc) is 2.62. The SMILES string of the molecule is CCCOc1ccc(NC(=O)/C(=C\c2ccccc2C)NC(C)=O)cc1. The van der Waals surface area contributed by atoms with Crippen LogP contribution in [0, 0.1) is 6.92 Å². The molecule has 0 radical (unpaired) electrons. The molecule has 0 heterocycles. The molecular formula is C21H24N2O3. The Morgan fingerprint density at radius 3 is 2.38 bits per heavy atom. The summed E-state index contributed by atoms with van der Waals surface area (Å²) in [5, 5.41) is 5.39. The Morgan fingerprint density at radius 1 is 1.08 bits per heavy atom. The van der Waals surface area contributed by atoms with E-state index in [-0.39, 0.29) is 17.5 Å². The van der Waals surface area contributed by atoms with Crippen molar-refractivity contribution in [2.24, 2.45) is 0 Å². The number of benzene rings is 2. The molecule has 0 saturated heterocycles. The molecule has 0 aliphatic rings. The van der Waals surface area contributed by atoms with Gasteiger partial charge < -0.3 is 15.4 Å². The Bertz CT molecular complexity index is 795. The standard InChI is InChI=1S/C21H24N2O3/c1-4-13-26-19-11-9-18(10-12-19)23-21(25)20(22-16(3)24)14-17-8-6-5-7-15(17)2/h5-12,14H,4,13H2,1-3H3,(H,22,24)(H,23,25)/b20-14+. The van der Waals surface area contributed by atoms with Crippen LogP contribution >= 0.6 is 0 Å². The molecule has 26 heavy (non-hydrogen) atoms. The molecule has 0 atom stereocenters. The van der Waals surface area contributed by atoms with Crippen LogP contribution in [0.4, 0.5) is 5.69 Å². The summed E-state index contributed by atoms with van der Waals surface area (Å²) in [6, 6.07) is 14.8. The zero-order valence-electron chi connectivity index (χ0n) is 15.3. The van der Waals surface area contributed by atoms with Gasteiger partial charge in [-0.2, -0.15) is 0 Å². The molecule has 0 aromatic heterocycles. The Balaban J connectivity index is 2.16. The first kappa shape index (κ1) is 19.2. The largest absolute Gasteiger partial charge is 0.494 e. The third-order valence-electron chi connectivity index (χ3n) is 3.63. The summed E-state index contributed by atoms with van der Waals surface area (Å²) >= 11 is 0. The highest BCUT2D eigenvalue weighted by molar-refractivity contribution is 6.08. The van der Waals surface area contributed by atoms with Gasteiger partial charge in [-0.25, -0.2) is 0 Å². The van der Waals surface area contributed by atoms with Gasteiger partial charge in [-0.05, 0) is 54.8 Å². The van der Waals surface area contributed by atoms with E-state index in [4.69, 9.17) is 4.74 Å². The van der Waals surface area contributed by atoms with E-state index >= 15 is 0 Å². The zero-order valence-corrected chi connectivity index (χ0v) is 15.3. The monoisotopic (exact) mass is 352 g/mol. The quantitative estimate of drug-likeness (QED) is 0.743. The van der Waals surface area contributed by atoms with Crippen molar-refractivity contribution >= 4 is 23.6 Å². The third kappa shape index (κ3) is 5.77. The molecule has 136 valence electrons. The van der Waals surface area contributed by atoms with E-state index in [1.54, 1.807) is 30.3 Å². The van der Waals surface area contributed by atoms with Gasteiger partial charge in [0.05, 0.1) is 6.61 Å². The van der Waals surface area contributed by atoms with Crippen LogP contribution in [0.5, 0.6) is 5.75 Å². The summed E-state index contributed by atoms with van der Waals surface area (Å²) in [5.41, 5.74) is 2.70. The van der Waals surface area contributed by atoms with E-state index < -0.39 is 0 Å². The minimum atomic E-state index is -0.384. The van der Waals surface area contributed by atoms with Crippen molar-refractivity contribution in [3.05, 3.63) is 65.4 Å². The van der Waals surface area contributed by atoms with Crippen LogP contribution in [-0.4, -0.2) is 18.4 Å². The number of aryl methyl sites for hydroxylation is 1. The molecule has 0 aliphatic carbocycles. The number of rotatable bonds is 7. The number of anilines is 1. The fourth-order valence-corrected chi connectivity index (χ4v) is 2.31. The van der Waals surface area contributed by atoms with Gasteiger partial charge in [0.25, 0.3) is 5.91 Å². The molecule has 2 aromatic rings. The lowest BCUT2D eigenvalue weighted by atomic mass is 10.1. The van der Waals surface area contributed by atoms with Crippen LogP contribution in [0.2, 0.25) is 0 Å². The van der Waals surface area contributed by atoms with E-state index in [0.717, 1.165) is 23.3 Å². The minimum Gasteiger partial charge on any atom is -0.494 e. The van der Waals surface area contributed by atoms with Gasteiger partial charge in [0, 0.05) is 12.6 Å². The van der Waals surface area contributed by atoms with Gasteiger partial charge in [0.2, 0.25) is 5.91 Å². The van der Waals surface area contributed by atoms with Gasteiger partial charge in [-0.1, -0.05) is 31.2 Å². The summed E-state index contributed by atoms with van der Waals surface area (Å²) in [5.74, 6) is 0.0661. The first-order chi connectivity index (χ1) is 12.5. The number of ether oxygens (including phenoxy) is 1. The Morgan fingerprint density at radius 2 is 1.77 bits per heavy atom. The number of carbonyl (C=O) groups is 2. The second-order valence-corrected chi connectivity index (χ2v) is 5.92. The molecule has 2 N–H and O–H groups in total. The van der Waals surface area contributed by atoms with Crippen molar-refractivity contribution in [1.29, 1.82) is 0 Å². The number of hydrogen-bond donors (Lipinski definition) is 2. The van der Waals surface area contributed by atoms with Crippen LogP contribution < -0.4 is 15.4 Å². The van der Waals surface area contributed by atoms with Gasteiger partial charge in [-0.15, -0.1) is 0 Å². The zero-order chi connectivity index (χ0) is 18.9. The molecule has 5 heteroatoms. The summed E-state index contributed by atoms with van der Waals surface area (Å²) in [7, 11) is 0. The molecule has 2 rings (SSSR count). The predicted molar refractivity (Wildman–Crippen MR) is 104 cm³/mol. The summed E-state index contributed by atoms with van der Waals surface area (Å²) in [6.07, 6.45) is 2.60. The molecule has 0 bridgehead atoms. The van der Waals surface area contributed by atoms with E-state index in [2.05, 4.69) is 10.6 Å².